The molecule has 0 fully saturated rings. The molecule has 0 saturated carbocycles. The number of rotatable bonds is 8. The minimum absolute atomic E-state index is 0.199. The molecule has 4 nitrogen and oxygen atoms in total. The number of hydrogen-bond donors (Lipinski definition) is 2. The van der Waals surface area contributed by atoms with E-state index in [2.05, 4.69) is 4.72 Å². The Morgan fingerprint density at radius 3 is 2.31 bits per heavy atom. The number of sulfonamides is 1. The molecule has 0 saturated heterocycles. The molecule has 0 spiro atoms. The van der Waals surface area contributed by atoms with Crippen LogP contribution in [0.5, 0.6) is 0 Å². The summed E-state index contributed by atoms with van der Waals surface area (Å²) in [4.78, 5) is 0. The van der Waals surface area contributed by atoms with E-state index in [0.29, 0.717) is 25.3 Å². The third-order valence-corrected chi connectivity index (χ3v) is 4.42. The zero-order valence-electron chi connectivity index (χ0n) is 10.9. The smallest absolute Gasteiger partial charge is 0.212 e. The van der Waals surface area contributed by atoms with Gasteiger partial charge in [0, 0.05) is 5.54 Å². The summed E-state index contributed by atoms with van der Waals surface area (Å²) in [5, 5.41) is 0. The van der Waals surface area contributed by atoms with E-state index in [-0.39, 0.29) is 5.75 Å². The van der Waals surface area contributed by atoms with Crippen LogP contribution in [-0.4, -0.2) is 26.3 Å². The second-order valence-corrected chi connectivity index (χ2v) is 6.90. The monoisotopic (exact) mass is 250 g/mol. The van der Waals surface area contributed by atoms with E-state index in [0.717, 1.165) is 6.42 Å². The number of hydrogen-bond acceptors (Lipinski definition) is 3. The van der Waals surface area contributed by atoms with Crippen LogP contribution < -0.4 is 10.5 Å². The largest absolute Gasteiger partial charge is 0.330 e. The van der Waals surface area contributed by atoms with E-state index in [1.807, 2.05) is 27.7 Å². The normalized spacial score (nSPS) is 16.4. The standard InChI is InChI=1S/C11H26N2O2S/c1-5-11(4,7-8-12)13-16(14,15)9-6-10(2)3/h10,13H,5-9,12H2,1-4H3. The molecule has 1 unspecified atom stereocenters. The Hall–Kier alpha value is -0.130. The molecule has 0 aromatic rings. The van der Waals surface area contributed by atoms with E-state index in [9.17, 15) is 8.42 Å². The highest BCUT2D eigenvalue weighted by molar-refractivity contribution is 7.89. The highest BCUT2D eigenvalue weighted by Crippen LogP contribution is 2.15. The summed E-state index contributed by atoms with van der Waals surface area (Å²) in [6.07, 6.45) is 2.12. The Labute approximate surface area is 100 Å². The molecule has 0 aliphatic rings. The average Bonchev–Trinajstić information content (AvgIpc) is 2.15. The van der Waals surface area contributed by atoms with Gasteiger partial charge in [0.2, 0.25) is 10.0 Å². The molecule has 1 atom stereocenters. The van der Waals surface area contributed by atoms with Crippen molar-refractivity contribution in [2.75, 3.05) is 12.3 Å². The number of nitrogens with one attached hydrogen (secondary N) is 1. The lowest BCUT2D eigenvalue weighted by Crippen LogP contribution is -2.47. The third kappa shape index (κ3) is 6.45. The van der Waals surface area contributed by atoms with E-state index < -0.39 is 15.6 Å². The maximum Gasteiger partial charge on any atom is 0.212 e. The minimum atomic E-state index is -3.17. The zero-order chi connectivity index (χ0) is 12.8. The summed E-state index contributed by atoms with van der Waals surface area (Å²) >= 11 is 0. The van der Waals surface area contributed by atoms with Gasteiger partial charge in [0.05, 0.1) is 5.75 Å². The molecule has 0 amide bonds. The maximum atomic E-state index is 11.8. The highest BCUT2D eigenvalue weighted by Gasteiger charge is 2.26. The van der Waals surface area contributed by atoms with Crippen LogP contribution in [0.2, 0.25) is 0 Å². The Bertz CT molecular complexity index is 288. The SMILES string of the molecule is CCC(C)(CCN)NS(=O)(=O)CCC(C)C. The van der Waals surface area contributed by atoms with Crippen molar-refractivity contribution in [2.45, 2.75) is 52.5 Å². The summed E-state index contributed by atoms with van der Waals surface area (Å²) in [6, 6.07) is 0. The topological polar surface area (TPSA) is 72.2 Å². The van der Waals surface area contributed by atoms with Crippen LogP contribution in [0.15, 0.2) is 0 Å². The lowest BCUT2D eigenvalue weighted by molar-refractivity contribution is 0.378. The molecular weight excluding hydrogens is 224 g/mol. The minimum Gasteiger partial charge on any atom is -0.330 e. The molecule has 98 valence electrons. The first-order valence-corrected chi connectivity index (χ1v) is 7.61. The summed E-state index contributed by atoms with van der Waals surface area (Å²) in [6.45, 7) is 8.42. The molecule has 0 radical (unpaired) electrons. The van der Waals surface area contributed by atoms with Crippen molar-refractivity contribution < 1.29 is 8.42 Å². The van der Waals surface area contributed by atoms with Crippen LogP contribution in [0.1, 0.15) is 47.0 Å². The van der Waals surface area contributed by atoms with Gasteiger partial charge in [-0.25, -0.2) is 13.1 Å². The molecule has 0 bridgehead atoms. The van der Waals surface area contributed by atoms with Crippen LogP contribution in [-0.2, 0) is 10.0 Å². The summed E-state index contributed by atoms with van der Waals surface area (Å²) in [5.41, 5.74) is 5.10. The van der Waals surface area contributed by atoms with Crippen molar-refractivity contribution in [3.05, 3.63) is 0 Å². The van der Waals surface area contributed by atoms with Crippen LogP contribution in [0.4, 0.5) is 0 Å². The average molecular weight is 250 g/mol. The van der Waals surface area contributed by atoms with E-state index >= 15 is 0 Å². The lowest BCUT2D eigenvalue weighted by Gasteiger charge is -2.29. The van der Waals surface area contributed by atoms with Gasteiger partial charge >= 0.3 is 0 Å². The molecule has 0 aliphatic heterocycles. The molecule has 3 N–H and O–H groups in total. The quantitative estimate of drug-likeness (QED) is 0.685. The first-order chi connectivity index (χ1) is 7.24. The third-order valence-electron chi connectivity index (χ3n) is 2.84. The molecule has 0 aliphatic carbocycles. The van der Waals surface area contributed by atoms with Crippen molar-refractivity contribution in [1.29, 1.82) is 0 Å². The van der Waals surface area contributed by atoms with E-state index in [1.165, 1.54) is 0 Å². The van der Waals surface area contributed by atoms with Crippen molar-refractivity contribution >= 4 is 10.0 Å². The second kappa shape index (κ2) is 6.57. The van der Waals surface area contributed by atoms with E-state index in [1.54, 1.807) is 0 Å². The Kier molecular flexibility index (Phi) is 6.51. The van der Waals surface area contributed by atoms with Crippen LogP contribution in [0.3, 0.4) is 0 Å². The second-order valence-electron chi connectivity index (χ2n) is 5.06. The molecule has 0 aromatic carbocycles. The van der Waals surface area contributed by atoms with Gasteiger partial charge in [-0.15, -0.1) is 0 Å². The molecule has 0 heterocycles. The van der Waals surface area contributed by atoms with Gasteiger partial charge in [-0.05, 0) is 38.6 Å². The molecule has 0 rings (SSSR count). The fourth-order valence-electron chi connectivity index (χ4n) is 1.44. The highest BCUT2D eigenvalue weighted by atomic mass is 32.2. The van der Waals surface area contributed by atoms with Gasteiger partial charge in [-0.1, -0.05) is 20.8 Å². The molecule has 16 heavy (non-hydrogen) atoms. The van der Waals surface area contributed by atoms with Gasteiger partial charge < -0.3 is 5.73 Å². The van der Waals surface area contributed by atoms with E-state index in [4.69, 9.17) is 5.73 Å². The van der Waals surface area contributed by atoms with Crippen LogP contribution >= 0.6 is 0 Å². The molecular formula is C11H26N2O2S. The zero-order valence-corrected chi connectivity index (χ0v) is 11.7. The summed E-state index contributed by atoms with van der Waals surface area (Å²) in [7, 11) is -3.17. The lowest BCUT2D eigenvalue weighted by atomic mass is 9.96. The predicted molar refractivity (Wildman–Crippen MR) is 68.7 cm³/mol. The van der Waals surface area contributed by atoms with Crippen molar-refractivity contribution in [3.63, 3.8) is 0 Å². The predicted octanol–water partition coefficient (Wildman–Crippen LogP) is 1.47. The summed E-state index contributed by atoms with van der Waals surface area (Å²) in [5.74, 6) is 0.601. The Morgan fingerprint density at radius 2 is 1.94 bits per heavy atom. The van der Waals surface area contributed by atoms with Crippen molar-refractivity contribution in [1.82, 2.24) is 4.72 Å². The molecule has 0 aromatic heterocycles. The fraction of sp³-hybridized carbons (Fsp3) is 1.00. The Morgan fingerprint density at radius 1 is 1.38 bits per heavy atom. The first-order valence-electron chi connectivity index (χ1n) is 5.96. The van der Waals surface area contributed by atoms with Gasteiger partial charge in [-0.2, -0.15) is 0 Å². The fourth-order valence-corrected chi connectivity index (χ4v) is 3.32. The summed E-state index contributed by atoms with van der Waals surface area (Å²) < 4.78 is 26.4. The van der Waals surface area contributed by atoms with Gasteiger partial charge in [-0.3, -0.25) is 0 Å². The van der Waals surface area contributed by atoms with Crippen molar-refractivity contribution in [2.24, 2.45) is 11.7 Å². The van der Waals surface area contributed by atoms with Gasteiger partial charge in [0.15, 0.2) is 0 Å². The maximum absolute atomic E-state index is 11.8. The van der Waals surface area contributed by atoms with Crippen LogP contribution in [0, 0.1) is 5.92 Å². The van der Waals surface area contributed by atoms with Crippen LogP contribution in [0.25, 0.3) is 0 Å². The Balaban J connectivity index is 4.43. The molecule has 5 heteroatoms. The first kappa shape index (κ1) is 15.9. The van der Waals surface area contributed by atoms with Gasteiger partial charge in [0.25, 0.3) is 0 Å². The van der Waals surface area contributed by atoms with Crippen molar-refractivity contribution in [3.8, 4) is 0 Å². The number of nitrogens with two attached hydrogens (primary N) is 1. The van der Waals surface area contributed by atoms with Gasteiger partial charge in [0.1, 0.15) is 0 Å².